The van der Waals surface area contributed by atoms with Gasteiger partial charge in [0.05, 0.1) is 18.1 Å². The van der Waals surface area contributed by atoms with Crippen molar-refractivity contribution in [1.29, 1.82) is 0 Å². The highest BCUT2D eigenvalue weighted by molar-refractivity contribution is 7.88. The molecule has 7 heteroatoms. The molecule has 0 radical (unpaired) electrons. The molecule has 1 rings (SSSR count). The van der Waals surface area contributed by atoms with Gasteiger partial charge in [-0.1, -0.05) is 11.6 Å². The summed E-state index contributed by atoms with van der Waals surface area (Å²) in [7, 11) is -3.54. The number of hydrogen-bond donors (Lipinski definition) is 1. The molecule has 1 aromatic rings. The predicted octanol–water partition coefficient (Wildman–Crippen LogP) is -0.0815. The van der Waals surface area contributed by atoms with Crippen LogP contribution in [0.2, 0.25) is 5.15 Å². The molecule has 0 saturated carbocycles. The summed E-state index contributed by atoms with van der Waals surface area (Å²) >= 11 is 5.43. The molecular formula is C5H6ClN3O2S. The summed E-state index contributed by atoms with van der Waals surface area (Å²) in [5.74, 6) is -0.322. The average molecular weight is 208 g/mol. The number of halogens is 1. The quantitative estimate of drug-likeness (QED) is 0.735. The van der Waals surface area contributed by atoms with Gasteiger partial charge in [0.25, 0.3) is 0 Å². The molecule has 1 heterocycles. The number of rotatable bonds is 2. The lowest BCUT2D eigenvalue weighted by Crippen LogP contribution is -2.15. The van der Waals surface area contributed by atoms with Gasteiger partial charge in [-0.3, -0.25) is 4.98 Å². The van der Waals surface area contributed by atoms with Crippen LogP contribution in [0.4, 0.5) is 0 Å². The molecule has 0 bridgehead atoms. The minimum absolute atomic E-state index is 0.216. The first-order valence-electron chi connectivity index (χ1n) is 2.94. The summed E-state index contributed by atoms with van der Waals surface area (Å²) in [6.07, 6.45) is 2.54. The van der Waals surface area contributed by atoms with Crippen molar-refractivity contribution in [3.8, 4) is 0 Å². The monoisotopic (exact) mass is 207 g/mol. The maximum atomic E-state index is 10.6. The molecule has 0 fully saturated rings. The minimum atomic E-state index is -3.54. The second-order valence-electron chi connectivity index (χ2n) is 2.14. The highest BCUT2D eigenvalue weighted by Gasteiger charge is 2.05. The molecule has 1 aromatic heterocycles. The molecule has 0 amide bonds. The molecular weight excluding hydrogens is 202 g/mol. The topological polar surface area (TPSA) is 85.9 Å². The Bertz CT molecular complexity index is 361. The van der Waals surface area contributed by atoms with Crippen molar-refractivity contribution in [3.63, 3.8) is 0 Å². The fourth-order valence-electron chi connectivity index (χ4n) is 0.620. The van der Waals surface area contributed by atoms with E-state index in [0.29, 0.717) is 0 Å². The van der Waals surface area contributed by atoms with Crippen molar-refractivity contribution < 1.29 is 8.42 Å². The number of sulfonamides is 1. The second-order valence-corrected chi connectivity index (χ2v) is 4.14. The molecule has 0 unspecified atom stereocenters. The van der Waals surface area contributed by atoms with E-state index >= 15 is 0 Å². The third kappa shape index (κ3) is 3.12. The summed E-state index contributed by atoms with van der Waals surface area (Å²) in [5.41, 5.74) is 0.280. The van der Waals surface area contributed by atoms with Crippen LogP contribution in [0.15, 0.2) is 12.4 Å². The Balaban J connectivity index is 2.85. The number of primary sulfonamides is 1. The summed E-state index contributed by atoms with van der Waals surface area (Å²) in [6, 6.07) is 0. The van der Waals surface area contributed by atoms with Crippen LogP contribution in [0.5, 0.6) is 0 Å². The van der Waals surface area contributed by atoms with Crippen LogP contribution in [-0.2, 0) is 15.8 Å². The van der Waals surface area contributed by atoms with E-state index in [1.165, 1.54) is 12.4 Å². The molecule has 5 nitrogen and oxygen atoms in total. The van der Waals surface area contributed by atoms with Gasteiger partial charge < -0.3 is 0 Å². The maximum absolute atomic E-state index is 10.6. The Labute approximate surface area is 74.6 Å². The maximum Gasteiger partial charge on any atom is 0.214 e. The van der Waals surface area contributed by atoms with Crippen LogP contribution < -0.4 is 5.14 Å². The first-order valence-corrected chi connectivity index (χ1v) is 5.03. The number of aromatic nitrogens is 2. The van der Waals surface area contributed by atoms with Crippen LogP contribution >= 0.6 is 11.6 Å². The Morgan fingerprint density at radius 2 is 2.08 bits per heavy atom. The van der Waals surface area contributed by atoms with E-state index in [9.17, 15) is 8.42 Å². The second kappa shape index (κ2) is 3.34. The van der Waals surface area contributed by atoms with Crippen molar-refractivity contribution in [2.24, 2.45) is 5.14 Å². The van der Waals surface area contributed by atoms with E-state index in [1.807, 2.05) is 0 Å². The standard InChI is InChI=1S/C5H6ClN3O2S/c6-5-2-8-4(1-9-5)3-12(7,10)11/h1-2H,3H2,(H2,7,10,11). The van der Waals surface area contributed by atoms with Gasteiger partial charge in [0.1, 0.15) is 10.9 Å². The Hall–Kier alpha value is -0.720. The predicted molar refractivity (Wildman–Crippen MR) is 43.9 cm³/mol. The highest BCUT2D eigenvalue weighted by Crippen LogP contribution is 2.02. The van der Waals surface area contributed by atoms with E-state index in [-0.39, 0.29) is 16.6 Å². The lowest BCUT2D eigenvalue weighted by Gasteiger charge is -1.96. The van der Waals surface area contributed by atoms with Gasteiger partial charge in [-0.25, -0.2) is 18.5 Å². The smallest absolute Gasteiger partial charge is 0.214 e. The van der Waals surface area contributed by atoms with E-state index in [4.69, 9.17) is 16.7 Å². The molecule has 0 aromatic carbocycles. The number of hydrogen-bond acceptors (Lipinski definition) is 4. The Kier molecular flexibility index (Phi) is 2.61. The lowest BCUT2D eigenvalue weighted by molar-refractivity contribution is 0.596. The summed E-state index contributed by atoms with van der Waals surface area (Å²) < 4.78 is 21.1. The molecule has 12 heavy (non-hydrogen) atoms. The molecule has 0 saturated heterocycles. The van der Waals surface area contributed by atoms with Crippen LogP contribution in [0, 0.1) is 0 Å². The highest BCUT2D eigenvalue weighted by atomic mass is 35.5. The lowest BCUT2D eigenvalue weighted by atomic mass is 10.5. The van der Waals surface area contributed by atoms with E-state index in [2.05, 4.69) is 9.97 Å². The van der Waals surface area contributed by atoms with Gasteiger partial charge in [0.2, 0.25) is 10.0 Å². The zero-order valence-electron chi connectivity index (χ0n) is 5.94. The Morgan fingerprint density at radius 1 is 1.42 bits per heavy atom. The SMILES string of the molecule is NS(=O)(=O)Cc1cnc(Cl)cn1. The molecule has 2 N–H and O–H groups in total. The van der Waals surface area contributed by atoms with Crippen molar-refractivity contribution in [2.45, 2.75) is 5.75 Å². The summed E-state index contributed by atoms with van der Waals surface area (Å²) in [5, 5.41) is 4.99. The molecule has 0 aliphatic heterocycles. The first-order chi connectivity index (χ1) is 5.47. The van der Waals surface area contributed by atoms with Gasteiger partial charge in [0, 0.05) is 0 Å². The number of nitrogens with zero attached hydrogens (tertiary/aromatic N) is 2. The average Bonchev–Trinajstić information content (AvgIpc) is 1.91. The van der Waals surface area contributed by atoms with Crippen molar-refractivity contribution in [2.75, 3.05) is 0 Å². The minimum Gasteiger partial charge on any atom is -0.255 e. The normalized spacial score (nSPS) is 11.5. The fourth-order valence-corrected chi connectivity index (χ4v) is 1.28. The first kappa shape index (κ1) is 9.37. The largest absolute Gasteiger partial charge is 0.255 e. The third-order valence-electron chi connectivity index (χ3n) is 1.02. The van der Waals surface area contributed by atoms with Crippen LogP contribution in [0.3, 0.4) is 0 Å². The van der Waals surface area contributed by atoms with E-state index in [0.717, 1.165) is 0 Å². The summed E-state index contributed by atoms with van der Waals surface area (Å²) in [4.78, 5) is 7.36. The third-order valence-corrected chi connectivity index (χ3v) is 1.92. The molecule has 66 valence electrons. The zero-order chi connectivity index (χ0) is 9.19. The van der Waals surface area contributed by atoms with Crippen molar-refractivity contribution in [3.05, 3.63) is 23.2 Å². The molecule has 0 aliphatic carbocycles. The number of nitrogens with two attached hydrogens (primary N) is 1. The molecule has 0 atom stereocenters. The van der Waals surface area contributed by atoms with E-state index < -0.39 is 10.0 Å². The van der Waals surface area contributed by atoms with Gasteiger partial charge in [-0.05, 0) is 0 Å². The van der Waals surface area contributed by atoms with Crippen LogP contribution in [0.1, 0.15) is 5.69 Å². The zero-order valence-corrected chi connectivity index (χ0v) is 7.51. The molecule has 0 spiro atoms. The summed E-state index contributed by atoms with van der Waals surface area (Å²) in [6.45, 7) is 0. The Morgan fingerprint density at radius 3 is 2.50 bits per heavy atom. The van der Waals surface area contributed by atoms with Gasteiger partial charge in [-0.2, -0.15) is 0 Å². The molecule has 0 aliphatic rings. The van der Waals surface area contributed by atoms with E-state index in [1.54, 1.807) is 0 Å². The van der Waals surface area contributed by atoms with Crippen molar-refractivity contribution >= 4 is 21.6 Å². The van der Waals surface area contributed by atoms with Gasteiger partial charge >= 0.3 is 0 Å². The van der Waals surface area contributed by atoms with Gasteiger partial charge in [0.15, 0.2) is 0 Å². The van der Waals surface area contributed by atoms with Gasteiger partial charge in [-0.15, -0.1) is 0 Å². The van der Waals surface area contributed by atoms with Crippen LogP contribution in [-0.4, -0.2) is 18.4 Å². The van der Waals surface area contributed by atoms with Crippen LogP contribution in [0.25, 0.3) is 0 Å². The van der Waals surface area contributed by atoms with Crippen molar-refractivity contribution in [1.82, 2.24) is 9.97 Å². The fraction of sp³-hybridized carbons (Fsp3) is 0.200.